The van der Waals surface area contributed by atoms with Crippen LogP contribution in [-0.4, -0.2) is 25.8 Å². The second kappa shape index (κ2) is 16.0. The van der Waals surface area contributed by atoms with Crippen LogP contribution >= 0.6 is 0 Å². The van der Waals surface area contributed by atoms with Crippen molar-refractivity contribution in [2.45, 2.75) is 72.2 Å². The van der Waals surface area contributed by atoms with Crippen molar-refractivity contribution < 1.29 is 14.2 Å². The Morgan fingerprint density at radius 1 is 0.565 bits per heavy atom. The number of rotatable bonds is 15. The van der Waals surface area contributed by atoms with Crippen LogP contribution in [0.5, 0.6) is 0 Å². The minimum absolute atomic E-state index is 0.600. The Balaban J connectivity index is 4.23. The molecule has 0 radical (unpaired) electrons. The molecule has 134 valence electrons. The summed E-state index contributed by atoms with van der Waals surface area (Å²) in [5.74, 6) is -0.958. The van der Waals surface area contributed by atoms with Gasteiger partial charge in [-0.15, -0.1) is 0 Å². The second-order valence-electron chi connectivity index (χ2n) is 5.41. The molecule has 0 fully saturated rings. The fourth-order valence-electron chi connectivity index (χ4n) is 1.92. The normalized spacial score (nSPS) is 13.0. The Morgan fingerprint density at radius 3 is 1.13 bits per heavy atom. The molecule has 0 N–H and O–H groups in total. The van der Waals surface area contributed by atoms with E-state index in [0.29, 0.717) is 19.8 Å². The van der Waals surface area contributed by atoms with Gasteiger partial charge in [-0.3, -0.25) is 0 Å². The van der Waals surface area contributed by atoms with Crippen LogP contribution in [0, 0.1) is 0 Å². The fraction of sp³-hybridized carbons (Fsp3) is 0.700. The first kappa shape index (κ1) is 22.1. The van der Waals surface area contributed by atoms with Gasteiger partial charge in [0, 0.05) is 6.92 Å². The zero-order chi connectivity index (χ0) is 17.2. The molecule has 0 unspecified atom stereocenters. The molecule has 0 aliphatic carbocycles. The van der Waals surface area contributed by atoms with E-state index in [-0.39, 0.29) is 0 Å². The van der Waals surface area contributed by atoms with Crippen LogP contribution in [0.15, 0.2) is 36.5 Å². The lowest BCUT2D eigenvalue weighted by Crippen LogP contribution is -2.36. The van der Waals surface area contributed by atoms with Gasteiger partial charge in [-0.1, -0.05) is 57.2 Å². The van der Waals surface area contributed by atoms with E-state index >= 15 is 0 Å². The number of hydrogen-bond acceptors (Lipinski definition) is 3. The summed E-state index contributed by atoms with van der Waals surface area (Å²) in [7, 11) is 0. The van der Waals surface area contributed by atoms with E-state index in [9.17, 15) is 0 Å². The highest BCUT2D eigenvalue weighted by Gasteiger charge is 2.26. The zero-order valence-corrected chi connectivity index (χ0v) is 15.6. The highest BCUT2D eigenvalue weighted by atomic mass is 16.9. The van der Waals surface area contributed by atoms with Crippen molar-refractivity contribution in [3.8, 4) is 0 Å². The summed E-state index contributed by atoms with van der Waals surface area (Å²) < 4.78 is 17.5. The summed E-state index contributed by atoms with van der Waals surface area (Å²) in [6.45, 7) is 10.0. The van der Waals surface area contributed by atoms with Gasteiger partial charge in [0.1, 0.15) is 0 Å². The van der Waals surface area contributed by atoms with Gasteiger partial charge >= 0.3 is 0 Å². The largest absolute Gasteiger partial charge is 0.327 e. The Bertz CT molecular complexity index is 281. The minimum atomic E-state index is -0.958. The number of ether oxygens (including phenoxy) is 3. The molecule has 0 aromatic rings. The lowest BCUT2D eigenvalue weighted by atomic mass is 10.3. The molecule has 0 rings (SSSR count). The lowest BCUT2D eigenvalue weighted by molar-refractivity contribution is -0.368. The Labute approximate surface area is 143 Å². The van der Waals surface area contributed by atoms with Crippen molar-refractivity contribution in [3.05, 3.63) is 36.5 Å². The van der Waals surface area contributed by atoms with Crippen molar-refractivity contribution in [3.63, 3.8) is 0 Å². The molecule has 0 saturated heterocycles. The van der Waals surface area contributed by atoms with Gasteiger partial charge in [-0.05, 0) is 38.5 Å². The van der Waals surface area contributed by atoms with Gasteiger partial charge in [0.05, 0.1) is 19.8 Å². The van der Waals surface area contributed by atoms with Gasteiger partial charge in [0.25, 0.3) is 5.97 Å². The number of allylic oxidation sites excluding steroid dienone is 3. The zero-order valence-electron chi connectivity index (χ0n) is 15.6. The van der Waals surface area contributed by atoms with Crippen LogP contribution < -0.4 is 0 Å². The van der Waals surface area contributed by atoms with Gasteiger partial charge in [-0.25, -0.2) is 0 Å². The van der Waals surface area contributed by atoms with Crippen molar-refractivity contribution in [1.29, 1.82) is 0 Å². The third-order valence-electron chi connectivity index (χ3n) is 3.15. The molecule has 0 saturated carbocycles. The Morgan fingerprint density at radius 2 is 0.870 bits per heavy atom. The first-order valence-corrected chi connectivity index (χ1v) is 9.05. The van der Waals surface area contributed by atoms with Crippen LogP contribution in [-0.2, 0) is 14.2 Å². The molecule has 0 aromatic carbocycles. The van der Waals surface area contributed by atoms with Crippen LogP contribution in [0.1, 0.15) is 66.2 Å². The first-order valence-electron chi connectivity index (χ1n) is 9.05. The molecule has 0 heterocycles. The summed E-state index contributed by atoms with van der Waals surface area (Å²) in [6, 6.07) is 0. The van der Waals surface area contributed by atoms with Crippen molar-refractivity contribution in [2.75, 3.05) is 19.8 Å². The van der Waals surface area contributed by atoms with E-state index in [0.717, 1.165) is 38.5 Å². The first-order chi connectivity index (χ1) is 11.2. The molecule has 3 nitrogen and oxygen atoms in total. The molecule has 0 amide bonds. The standard InChI is InChI=1S/C20H36O3/c1-5-8-11-14-17-21-20(4,22-18-15-12-9-6-2)23-19-16-13-10-7-3/h8-13H,5-7,14-19H2,1-4H3/b11-8-,12-9-,13-10-. The van der Waals surface area contributed by atoms with Crippen LogP contribution in [0.25, 0.3) is 0 Å². The van der Waals surface area contributed by atoms with E-state index in [2.05, 4.69) is 57.2 Å². The predicted molar refractivity (Wildman–Crippen MR) is 98.4 cm³/mol. The van der Waals surface area contributed by atoms with Gasteiger partial charge in [-0.2, -0.15) is 0 Å². The average Bonchev–Trinajstić information content (AvgIpc) is 2.54. The van der Waals surface area contributed by atoms with E-state index in [1.54, 1.807) is 0 Å². The molecular weight excluding hydrogens is 288 g/mol. The van der Waals surface area contributed by atoms with E-state index in [4.69, 9.17) is 14.2 Å². The van der Waals surface area contributed by atoms with Gasteiger partial charge < -0.3 is 14.2 Å². The molecule has 0 aliphatic rings. The highest BCUT2D eigenvalue weighted by molar-refractivity contribution is 4.81. The van der Waals surface area contributed by atoms with Crippen LogP contribution in [0.3, 0.4) is 0 Å². The lowest BCUT2D eigenvalue weighted by Gasteiger charge is -2.29. The molecule has 0 atom stereocenters. The van der Waals surface area contributed by atoms with Crippen molar-refractivity contribution in [1.82, 2.24) is 0 Å². The molecule has 3 heteroatoms. The molecule has 0 bridgehead atoms. The summed E-state index contributed by atoms with van der Waals surface area (Å²) in [6.07, 6.45) is 18.6. The molecule has 0 aliphatic heterocycles. The Hall–Kier alpha value is -0.900. The van der Waals surface area contributed by atoms with Crippen LogP contribution in [0.4, 0.5) is 0 Å². The molecule has 0 aromatic heterocycles. The van der Waals surface area contributed by atoms with Crippen molar-refractivity contribution in [2.24, 2.45) is 0 Å². The maximum Gasteiger partial charge on any atom is 0.279 e. The smallest absolute Gasteiger partial charge is 0.279 e. The maximum atomic E-state index is 5.85. The monoisotopic (exact) mass is 324 g/mol. The average molecular weight is 325 g/mol. The SMILES string of the molecule is CC/C=C\CCOC(C)(OCC/C=C\CC)OCC/C=C\CC. The maximum absolute atomic E-state index is 5.85. The molecule has 0 spiro atoms. The summed E-state index contributed by atoms with van der Waals surface area (Å²) in [4.78, 5) is 0. The molecule has 23 heavy (non-hydrogen) atoms. The topological polar surface area (TPSA) is 27.7 Å². The summed E-state index contributed by atoms with van der Waals surface area (Å²) >= 11 is 0. The quantitative estimate of drug-likeness (QED) is 0.217. The van der Waals surface area contributed by atoms with Gasteiger partial charge in [0.2, 0.25) is 0 Å². The van der Waals surface area contributed by atoms with Crippen LogP contribution in [0.2, 0.25) is 0 Å². The summed E-state index contributed by atoms with van der Waals surface area (Å²) in [5.41, 5.74) is 0. The van der Waals surface area contributed by atoms with Crippen molar-refractivity contribution >= 4 is 0 Å². The number of hydrogen-bond donors (Lipinski definition) is 0. The molecular formula is C20H36O3. The highest BCUT2D eigenvalue weighted by Crippen LogP contribution is 2.16. The third-order valence-corrected chi connectivity index (χ3v) is 3.15. The minimum Gasteiger partial charge on any atom is -0.327 e. The van der Waals surface area contributed by atoms with Gasteiger partial charge in [0.15, 0.2) is 0 Å². The van der Waals surface area contributed by atoms with E-state index < -0.39 is 5.97 Å². The van der Waals surface area contributed by atoms with E-state index in [1.165, 1.54) is 0 Å². The van der Waals surface area contributed by atoms with E-state index in [1.807, 2.05) is 6.92 Å². The fourth-order valence-corrected chi connectivity index (χ4v) is 1.92. The summed E-state index contributed by atoms with van der Waals surface area (Å²) in [5, 5.41) is 0. The predicted octanol–water partition coefficient (Wildman–Crippen LogP) is 5.78. The Kier molecular flexibility index (Phi) is 15.4. The third kappa shape index (κ3) is 14.4. The second-order valence-corrected chi connectivity index (χ2v) is 5.41.